The van der Waals surface area contributed by atoms with Crippen molar-refractivity contribution in [3.8, 4) is 5.75 Å². The van der Waals surface area contributed by atoms with Crippen LogP contribution in [-0.4, -0.2) is 27.1 Å². The highest BCUT2D eigenvalue weighted by Crippen LogP contribution is 2.26. The normalized spacial score (nSPS) is 11.5. The summed E-state index contributed by atoms with van der Waals surface area (Å²) in [7, 11) is 1.63. The molecule has 0 atom stereocenters. The lowest BCUT2D eigenvalue weighted by atomic mass is 10.1. The Morgan fingerprint density at radius 1 is 1.14 bits per heavy atom. The number of hydrogen-bond acceptors (Lipinski definition) is 3. The minimum Gasteiger partial charge on any atom is -0.497 e. The van der Waals surface area contributed by atoms with Crippen molar-refractivity contribution in [3.63, 3.8) is 0 Å². The smallest absolute Gasteiger partial charge is 0.191 e. The molecule has 0 saturated carbocycles. The van der Waals surface area contributed by atoms with E-state index in [9.17, 15) is 4.79 Å². The number of hydrogen-bond donors (Lipinski definition) is 0. The Kier molecular flexibility index (Phi) is 4.57. The molecule has 140 valence electrons. The highest BCUT2D eigenvalue weighted by molar-refractivity contribution is 6.12. The van der Waals surface area contributed by atoms with E-state index in [0.29, 0.717) is 17.8 Å². The summed E-state index contributed by atoms with van der Waals surface area (Å²) in [6.07, 6.45) is 5.24. The molecule has 2 heterocycles. The van der Waals surface area contributed by atoms with E-state index >= 15 is 0 Å². The molecule has 2 aromatic carbocycles. The number of allylic oxidation sites excluding steroid dienone is 2. The Labute approximate surface area is 163 Å². The molecule has 2 aromatic heterocycles. The molecular weight excluding hydrogens is 350 g/mol. The maximum Gasteiger partial charge on any atom is 0.191 e. The van der Waals surface area contributed by atoms with Crippen molar-refractivity contribution in [2.24, 2.45) is 0 Å². The summed E-state index contributed by atoms with van der Waals surface area (Å²) >= 11 is 0. The van der Waals surface area contributed by atoms with Crippen LogP contribution in [0.15, 0.2) is 67.3 Å². The van der Waals surface area contributed by atoms with Gasteiger partial charge in [0.15, 0.2) is 5.78 Å². The van der Waals surface area contributed by atoms with Gasteiger partial charge in [0.05, 0.1) is 29.4 Å². The molecule has 0 unspecified atom stereocenters. The molecule has 4 aromatic rings. The lowest BCUT2D eigenvalue weighted by molar-refractivity contribution is 0.104. The lowest BCUT2D eigenvalue weighted by Crippen LogP contribution is -2.02. The molecular formula is C23H21N3O2. The molecule has 0 aliphatic carbocycles. The highest BCUT2D eigenvalue weighted by Gasteiger charge is 2.21. The van der Waals surface area contributed by atoms with Gasteiger partial charge in [0.25, 0.3) is 0 Å². The second-order valence-electron chi connectivity index (χ2n) is 6.55. The van der Waals surface area contributed by atoms with Crippen LogP contribution in [-0.2, 0) is 6.54 Å². The third-order valence-corrected chi connectivity index (χ3v) is 4.79. The topological polar surface area (TPSA) is 48.5 Å². The van der Waals surface area contributed by atoms with E-state index < -0.39 is 0 Å². The largest absolute Gasteiger partial charge is 0.497 e. The minimum absolute atomic E-state index is 0.0727. The third kappa shape index (κ3) is 2.91. The molecule has 28 heavy (non-hydrogen) atoms. The number of imidazole rings is 1. The van der Waals surface area contributed by atoms with E-state index in [2.05, 4.69) is 16.2 Å². The van der Waals surface area contributed by atoms with Gasteiger partial charge in [-0.25, -0.2) is 4.52 Å². The number of fused-ring (bicyclic) bond motifs is 3. The Balaban J connectivity index is 1.80. The van der Waals surface area contributed by atoms with Gasteiger partial charge in [0, 0.05) is 6.54 Å². The fourth-order valence-electron chi connectivity index (χ4n) is 3.49. The van der Waals surface area contributed by atoms with Crippen molar-refractivity contribution < 1.29 is 9.53 Å². The summed E-state index contributed by atoms with van der Waals surface area (Å²) in [6.45, 7) is 6.33. The molecule has 4 rings (SSSR count). The van der Waals surface area contributed by atoms with Crippen LogP contribution < -0.4 is 4.74 Å². The van der Waals surface area contributed by atoms with Gasteiger partial charge >= 0.3 is 0 Å². The van der Waals surface area contributed by atoms with Crippen molar-refractivity contribution in [1.29, 1.82) is 0 Å². The molecule has 0 fully saturated rings. The van der Waals surface area contributed by atoms with Crippen molar-refractivity contribution >= 4 is 28.5 Å². The monoisotopic (exact) mass is 371 g/mol. The molecule has 0 aliphatic rings. The van der Waals surface area contributed by atoms with Gasteiger partial charge in [0.2, 0.25) is 0 Å². The fourth-order valence-corrected chi connectivity index (χ4v) is 3.49. The van der Waals surface area contributed by atoms with Crippen LogP contribution in [0.25, 0.3) is 22.8 Å². The molecule has 0 saturated heterocycles. The predicted octanol–water partition coefficient (Wildman–Crippen LogP) is 4.69. The summed E-state index contributed by atoms with van der Waals surface area (Å²) in [5.41, 5.74) is 5.05. The summed E-state index contributed by atoms with van der Waals surface area (Å²) in [6, 6.07) is 15.6. The second kappa shape index (κ2) is 7.19. The highest BCUT2D eigenvalue weighted by atomic mass is 16.5. The van der Waals surface area contributed by atoms with Gasteiger partial charge in [-0.05, 0) is 42.8 Å². The molecule has 0 bridgehead atoms. The number of carbonyl (C=O) groups is 1. The van der Waals surface area contributed by atoms with Crippen molar-refractivity contribution in [2.45, 2.75) is 13.5 Å². The van der Waals surface area contributed by atoms with Gasteiger partial charge in [-0.15, -0.1) is 6.58 Å². The van der Waals surface area contributed by atoms with Crippen molar-refractivity contribution in [2.75, 3.05) is 7.11 Å². The van der Waals surface area contributed by atoms with E-state index in [1.165, 1.54) is 0 Å². The van der Waals surface area contributed by atoms with Crippen LogP contribution in [0, 0.1) is 6.92 Å². The first-order chi connectivity index (χ1) is 13.6. The molecule has 5 nitrogen and oxygen atoms in total. The molecule has 0 radical (unpaired) electrons. The number of aromatic nitrogens is 3. The van der Waals surface area contributed by atoms with Gasteiger partial charge < -0.3 is 9.30 Å². The van der Waals surface area contributed by atoms with E-state index in [4.69, 9.17) is 4.74 Å². The Morgan fingerprint density at radius 2 is 1.86 bits per heavy atom. The maximum absolute atomic E-state index is 13.1. The number of aryl methyl sites for hydroxylation is 1. The zero-order chi connectivity index (χ0) is 19.7. The molecule has 0 N–H and O–H groups in total. The van der Waals surface area contributed by atoms with Crippen LogP contribution in [0.1, 0.15) is 21.6 Å². The van der Waals surface area contributed by atoms with Crippen molar-refractivity contribution in [1.82, 2.24) is 14.2 Å². The Morgan fingerprint density at radius 3 is 2.54 bits per heavy atom. The predicted molar refractivity (Wildman–Crippen MR) is 112 cm³/mol. The Bertz CT molecular complexity index is 1210. The lowest BCUT2D eigenvalue weighted by Gasteiger charge is -2.03. The zero-order valence-electron chi connectivity index (χ0n) is 15.9. The number of carbonyl (C=O) groups excluding carboxylic acids is 1. The second-order valence-corrected chi connectivity index (χ2v) is 6.55. The first-order valence-corrected chi connectivity index (χ1v) is 9.08. The van der Waals surface area contributed by atoms with E-state index in [-0.39, 0.29) is 5.78 Å². The number of ketones is 1. The van der Waals surface area contributed by atoms with E-state index in [0.717, 1.165) is 28.0 Å². The van der Waals surface area contributed by atoms with E-state index in [1.807, 2.05) is 72.1 Å². The van der Waals surface area contributed by atoms with Crippen LogP contribution in [0.4, 0.5) is 0 Å². The summed E-state index contributed by atoms with van der Waals surface area (Å²) in [5.74, 6) is 0.711. The van der Waals surface area contributed by atoms with Gasteiger partial charge in [-0.2, -0.15) is 5.10 Å². The number of ether oxygens (including phenoxy) is 1. The quantitative estimate of drug-likeness (QED) is 0.281. The first-order valence-electron chi connectivity index (χ1n) is 9.08. The van der Waals surface area contributed by atoms with Crippen LogP contribution in [0.5, 0.6) is 5.75 Å². The van der Waals surface area contributed by atoms with E-state index in [1.54, 1.807) is 13.2 Å². The summed E-state index contributed by atoms with van der Waals surface area (Å²) in [5, 5.41) is 4.63. The average Bonchev–Trinajstić information content (AvgIpc) is 3.21. The molecule has 5 heteroatoms. The molecule has 0 spiro atoms. The third-order valence-electron chi connectivity index (χ3n) is 4.79. The van der Waals surface area contributed by atoms with Gasteiger partial charge in [-0.3, -0.25) is 4.79 Å². The number of para-hydroxylation sites is 2. The van der Waals surface area contributed by atoms with Crippen LogP contribution in [0.2, 0.25) is 0 Å². The molecule has 0 aliphatic heterocycles. The number of rotatable bonds is 6. The number of benzene rings is 2. The van der Waals surface area contributed by atoms with Gasteiger partial charge in [-0.1, -0.05) is 36.4 Å². The minimum atomic E-state index is -0.0727. The molecule has 0 amide bonds. The number of methoxy groups -OCH3 is 1. The maximum atomic E-state index is 13.1. The first kappa shape index (κ1) is 17.8. The fraction of sp³-hybridized carbons (Fsp3) is 0.130. The van der Waals surface area contributed by atoms with Gasteiger partial charge in [0.1, 0.15) is 11.4 Å². The zero-order valence-corrected chi connectivity index (χ0v) is 15.9. The standard InChI is InChI=1S/C23H21N3O2/c1-4-15-25-19-7-5-6-8-20(19)26-23(25)22(16(2)24-26)21(27)14-11-17-9-12-18(28-3)13-10-17/h4-14H,1,15H2,2-3H3/b14-11+. The van der Waals surface area contributed by atoms with Crippen LogP contribution >= 0.6 is 0 Å². The average molecular weight is 371 g/mol. The van der Waals surface area contributed by atoms with Crippen molar-refractivity contribution in [3.05, 3.63) is 84.1 Å². The number of nitrogens with zero attached hydrogens (tertiary/aromatic N) is 3. The summed E-state index contributed by atoms with van der Waals surface area (Å²) < 4.78 is 9.10. The SMILES string of the molecule is C=CCn1c2ccccc2n2nc(C)c(C(=O)/C=C/c3ccc(OC)cc3)c12. The van der Waals surface area contributed by atoms with Crippen LogP contribution in [0.3, 0.4) is 0 Å². The Hall–Kier alpha value is -3.60. The summed E-state index contributed by atoms with van der Waals surface area (Å²) in [4.78, 5) is 13.1.